The molecule has 0 spiro atoms. The number of carbonyl (C=O) groups excluding carboxylic acids is 1. The van der Waals surface area contributed by atoms with Gasteiger partial charge in [-0.1, -0.05) is 13.8 Å². The van der Waals surface area contributed by atoms with E-state index in [0.717, 1.165) is 6.42 Å². The van der Waals surface area contributed by atoms with Crippen LogP contribution in [0.3, 0.4) is 0 Å². The number of rotatable bonds is 3. The molecule has 2 rings (SSSR count). The van der Waals surface area contributed by atoms with Gasteiger partial charge in [0.15, 0.2) is 0 Å². The monoisotopic (exact) mass is 256 g/mol. The van der Waals surface area contributed by atoms with E-state index in [2.05, 4.69) is 24.1 Å². The lowest BCUT2D eigenvalue weighted by atomic mass is 10.0. The fourth-order valence-corrected chi connectivity index (χ4v) is 3.92. The average molecular weight is 256 g/mol. The topological polar surface area (TPSA) is 32.3 Å². The van der Waals surface area contributed by atoms with E-state index in [1.165, 1.54) is 24.3 Å². The second kappa shape index (κ2) is 5.61. The minimum atomic E-state index is 0.00771. The van der Waals surface area contributed by atoms with Gasteiger partial charge in [0.25, 0.3) is 0 Å². The first-order chi connectivity index (χ1) is 8.09. The number of amides is 1. The van der Waals surface area contributed by atoms with Gasteiger partial charge in [-0.25, -0.2) is 0 Å². The summed E-state index contributed by atoms with van der Waals surface area (Å²) >= 11 is 2.02. The lowest BCUT2D eigenvalue weighted by Crippen LogP contribution is -2.46. The number of nitrogens with zero attached hydrogens (tertiary/aromatic N) is 1. The number of nitrogens with one attached hydrogen (secondary N) is 1. The van der Waals surface area contributed by atoms with Crippen LogP contribution < -0.4 is 5.32 Å². The van der Waals surface area contributed by atoms with E-state index < -0.39 is 0 Å². The van der Waals surface area contributed by atoms with E-state index >= 15 is 0 Å². The first kappa shape index (κ1) is 13.2. The smallest absolute Gasteiger partial charge is 0.240 e. The van der Waals surface area contributed by atoms with Crippen LogP contribution in [0.4, 0.5) is 0 Å². The predicted molar refractivity (Wildman–Crippen MR) is 73.0 cm³/mol. The molecule has 2 aliphatic heterocycles. The fourth-order valence-electron chi connectivity index (χ4n) is 2.84. The van der Waals surface area contributed by atoms with Crippen molar-refractivity contribution in [3.63, 3.8) is 0 Å². The van der Waals surface area contributed by atoms with Gasteiger partial charge in [-0.15, -0.1) is 0 Å². The van der Waals surface area contributed by atoms with Crippen LogP contribution in [0, 0.1) is 5.92 Å². The van der Waals surface area contributed by atoms with E-state index in [1.54, 1.807) is 0 Å². The summed E-state index contributed by atoms with van der Waals surface area (Å²) in [6, 6.07) is 0.485. The van der Waals surface area contributed by atoms with Crippen LogP contribution in [-0.2, 0) is 4.79 Å². The van der Waals surface area contributed by atoms with Crippen LogP contribution in [0.2, 0.25) is 0 Å². The van der Waals surface area contributed by atoms with Gasteiger partial charge in [0.1, 0.15) is 0 Å². The van der Waals surface area contributed by atoms with Crippen LogP contribution >= 0.6 is 11.8 Å². The van der Waals surface area contributed by atoms with Gasteiger partial charge >= 0.3 is 0 Å². The van der Waals surface area contributed by atoms with Crippen molar-refractivity contribution < 1.29 is 4.79 Å². The number of hydrogen-bond donors (Lipinski definition) is 1. The highest BCUT2D eigenvalue weighted by Gasteiger charge is 2.40. The fraction of sp³-hybridized carbons (Fsp3) is 0.923. The molecule has 0 aliphatic carbocycles. The summed E-state index contributed by atoms with van der Waals surface area (Å²) < 4.78 is 0. The molecule has 0 radical (unpaired) electrons. The Morgan fingerprint density at radius 2 is 2.06 bits per heavy atom. The van der Waals surface area contributed by atoms with E-state index in [9.17, 15) is 4.79 Å². The molecule has 3 nitrogen and oxygen atoms in total. The second-order valence-electron chi connectivity index (χ2n) is 5.62. The molecule has 2 atom stereocenters. The van der Waals surface area contributed by atoms with Crippen LogP contribution in [0.1, 0.15) is 40.0 Å². The molecular formula is C13H24N2OS. The average Bonchev–Trinajstić information content (AvgIpc) is 2.55. The molecule has 0 bridgehead atoms. The molecule has 2 fully saturated rings. The van der Waals surface area contributed by atoms with Crippen molar-refractivity contribution in [2.45, 2.75) is 58.3 Å². The third-order valence-corrected chi connectivity index (χ3v) is 4.73. The van der Waals surface area contributed by atoms with Crippen molar-refractivity contribution in [3.8, 4) is 0 Å². The quantitative estimate of drug-likeness (QED) is 0.839. The Labute approximate surface area is 109 Å². The first-order valence-corrected chi connectivity index (χ1v) is 7.91. The lowest BCUT2D eigenvalue weighted by molar-refractivity contribution is -0.132. The van der Waals surface area contributed by atoms with Crippen molar-refractivity contribution >= 4 is 17.7 Å². The minimum Gasteiger partial charge on any atom is -0.323 e. The van der Waals surface area contributed by atoms with Gasteiger partial charge in [-0.3, -0.25) is 10.1 Å². The Kier molecular flexibility index (Phi) is 4.36. The molecule has 2 unspecified atom stereocenters. The third kappa shape index (κ3) is 2.97. The molecule has 0 aromatic rings. The third-order valence-electron chi connectivity index (χ3n) is 3.68. The summed E-state index contributed by atoms with van der Waals surface area (Å²) in [4.78, 5) is 14.4. The molecular weight excluding hydrogens is 232 g/mol. The van der Waals surface area contributed by atoms with E-state index in [1.807, 2.05) is 18.7 Å². The van der Waals surface area contributed by atoms with E-state index in [0.29, 0.717) is 17.9 Å². The largest absolute Gasteiger partial charge is 0.323 e. The SMILES string of the molecule is CC(C)CC1NC(C)C(=O)N1C1CCSCC1. The molecule has 17 heavy (non-hydrogen) atoms. The summed E-state index contributed by atoms with van der Waals surface area (Å²) in [7, 11) is 0. The number of thioether (sulfide) groups is 1. The second-order valence-corrected chi connectivity index (χ2v) is 6.85. The highest BCUT2D eigenvalue weighted by Crippen LogP contribution is 2.28. The molecule has 2 heterocycles. The summed E-state index contributed by atoms with van der Waals surface area (Å²) in [5.74, 6) is 3.35. The van der Waals surface area contributed by atoms with Crippen molar-refractivity contribution in [2.24, 2.45) is 5.92 Å². The van der Waals surface area contributed by atoms with Crippen LogP contribution in [0.25, 0.3) is 0 Å². The molecule has 98 valence electrons. The van der Waals surface area contributed by atoms with Gasteiger partial charge < -0.3 is 4.90 Å². The zero-order valence-corrected chi connectivity index (χ0v) is 11.9. The zero-order valence-electron chi connectivity index (χ0n) is 11.1. The highest BCUT2D eigenvalue weighted by molar-refractivity contribution is 7.99. The summed E-state index contributed by atoms with van der Waals surface area (Å²) in [5.41, 5.74) is 0. The maximum absolute atomic E-state index is 12.3. The van der Waals surface area contributed by atoms with Crippen LogP contribution in [-0.4, -0.2) is 40.6 Å². The maximum Gasteiger partial charge on any atom is 0.240 e. The Balaban J connectivity index is 2.06. The van der Waals surface area contributed by atoms with Crippen molar-refractivity contribution in [3.05, 3.63) is 0 Å². The summed E-state index contributed by atoms with van der Waals surface area (Å²) in [6.07, 6.45) is 3.67. The van der Waals surface area contributed by atoms with Crippen LogP contribution in [0.15, 0.2) is 0 Å². The van der Waals surface area contributed by atoms with Gasteiger partial charge in [-0.05, 0) is 43.6 Å². The van der Waals surface area contributed by atoms with Crippen molar-refractivity contribution in [1.29, 1.82) is 0 Å². The standard InChI is InChI=1S/C13H24N2OS/c1-9(2)8-12-14-10(3)13(16)15(12)11-4-6-17-7-5-11/h9-12,14H,4-8H2,1-3H3. The molecule has 4 heteroatoms. The lowest BCUT2D eigenvalue weighted by Gasteiger charge is -2.35. The van der Waals surface area contributed by atoms with Gasteiger partial charge in [0.05, 0.1) is 12.2 Å². The number of carbonyl (C=O) groups is 1. The molecule has 2 aliphatic rings. The molecule has 0 aromatic carbocycles. The van der Waals surface area contributed by atoms with Gasteiger partial charge in [-0.2, -0.15) is 11.8 Å². The summed E-state index contributed by atoms with van der Waals surface area (Å²) in [5, 5.41) is 3.45. The molecule has 2 saturated heterocycles. The van der Waals surface area contributed by atoms with E-state index in [-0.39, 0.29) is 12.2 Å². The molecule has 1 amide bonds. The Hall–Kier alpha value is -0.220. The minimum absolute atomic E-state index is 0.00771. The Morgan fingerprint density at radius 1 is 1.41 bits per heavy atom. The predicted octanol–water partition coefficient (Wildman–Crippen LogP) is 2.07. The van der Waals surface area contributed by atoms with Crippen molar-refractivity contribution in [2.75, 3.05) is 11.5 Å². The van der Waals surface area contributed by atoms with Gasteiger partial charge in [0.2, 0.25) is 5.91 Å². The molecule has 0 aromatic heterocycles. The molecule has 0 saturated carbocycles. The Morgan fingerprint density at radius 3 is 2.65 bits per heavy atom. The van der Waals surface area contributed by atoms with Gasteiger partial charge in [0, 0.05) is 6.04 Å². The number of hydrogen-bond acceptors (Lipinski definition) is 3. The maximum atomic E-state index is 12.3. The zero-order chi connectivity index (χ0) is 12.4. The molecule has 1 N–H and O–H groups in total. The first-order valence-electron chi connectivity index (χ1n) is 6.75. The van der Waals surface area contributed by atoms with Crippen LogP contribution in [0.5, 0.6) is 0 Å². The summed E-state index contributed by atoms with van der Waals surface area (Å²) in [6.45, 7) is 6.45. The highest BCUT2D eigenvalue weighted by atomic mass is 32.2. The van der Waals surface area contributed by atoms with E-state index in [4.69, 9.17) is 0 Å². The van der Waals surface area contributed by atoms with Crippen molar-refractivity contribution in [1.82, 2.24) is 10.2 Å². The Bertz CT molecular complexity index is 277. The normalized spacial score (nSPS) is 31.5.